The number of nitrogens with one attached hydrogen (secondary N) is 1. The van der Waals surface area contributed by atoms with Crippen LogP contribution in [0.25, 0.3) is 22.2 Å². The van der Waals surface area contributed by atoms with Crippen molar-refractivity contribution < 1.29 is 9.22 Å². The zero-order chi connectivity index (χ0) is 33.0. The fraction of sp³-hybridized carbons (Fsp3) is 0.308. The number of rotatable bonds is 13. The summed E-state index contributed by atoms with van der Waals surface area (Å²) in [5, 5.41) is 12.0. The maximum Gasteiger partial charge on any atom is 0.261 e. The van der Waals surface area contributed by atoms with Gasteiger partial charge in [0.15, 0.2) is 5.78 Å². The molecule has 2 aromatic heterocycles. The number of likely N-dealkylation sites (N-methyl/N-ethyl adjacent to an activating group) is 1. The topological polar surface area (TPSA) is 72.3 Å². The second-order valence-electron chi connectivity index (χ2n) is 13.5. The Kier molecular flexibility index (Phi) is 9.54. The molecule has 0 spiro atoms. The van der Waals surface area contributed by atoms with Crippen LogP contribution in [0.15, 0.2) is 103 Å². The Labute approximate surface area is 279 Å². The molecule has 0 saturated carbocycles. The van der Waals surface area contributed by atoms with Crippen LogP contribution in [0.2, 0.25) is 5.04 Å². The maximum absolute atomic E-state index is 13.8. The molecule has 0 bridgehead atoms. The summed E-state index contributed by atoms with van der Waals surface area (Å²) in [7, 11) is 1.57. The van der Waals surface area contributed by atoms with Gasteiger partial charge < -0.3 is 14.6 Å². The van der Waals surface area contributed by atoms with E-state index in [-0.39, 0.29) is 10.8 Å². The molecule has 2 heterocycles. The molecule has 0 unspecified atom stereocenters. The predicted octanol–water partition coefficient (Wildman–Crippen LogP) is 6.53. The summed E-state index contributed by atoms with van der Waals surface area (Å²) in [6.45, 7) is 9.89. The molecule has 0 saturated heterocycles. The van der Waals surface area contributed by atoms with Gasteiger partial charge in [-0.15, -0.1) is 0 Å². The number of nitrogens with zero attached hydrogens (tertiary/aromatic N) is 4. The van der Waals surface area contributed by atoms with Gasteiger partial charge in [-0.3, -0.25) is 14.5 Å². The van der Waals surface area contributed by atoms with Gasteiger partial charge in [0.2, 0.25) is 0 Å². The first kappa shape index (κ1) is 32.6. The minimum absolute atomic E-state index is 0.0196. The highest BCUT2D eigenvalue weighted by Crippen LogP contribution is 2.41. The Morgan fingerprint density at radius 1 is 0.894 bits per heavy atom. The molecule has 0 fully saturated rings. The normalized spacial score (nSPS) is 13.1. The lowest BCUT2D eigenvalue weighted by Gasteiger charge is -2.43. The predicted molar refractivity (Wildman–Crippen MR) is 195 cm³/mol. The molecule has 0 aliphatic heterocycles. The van der Waals surface area contributed by atoms with E-state index in [2.05, 4.69) is 129 Å². The number of fused-ring (bicyclic) bond motifs is 2. The summed E-state index contributed by atoms with van der Waals surface area (Å²) >= 11 is 0. The lowest BCUT2D eigenvalue weighted by atomic mass is 9.87. The number of hydrogen-bond acceptors (Lipinski definition) is 6. The molecule has 7 nitrogen and oxygen atoms in total. The van der Waals surface area contributed by atoms with Crippen LogP contribution in [0.5, 0.6) is 0 Å². The second kappa shape index (κ2) is 13.8. The molecule has 8 heteroatoms. The van der Waals surface area contributed by atoms with E-state index in [1.165, 1.54) is 10.4 Å². The fourth-order valence-corrected chi connectivity index (χ4v) is 11.4. The van der Waals surface area contributed by atoms with Crippen LogP contribution in [-0.2, 0) is 11.0 Å². The fourth-order valence-electron chi connectivity index (χ4n) is 6.79. The first-order chi connectivity index (χ1) is 22.7. The van der Waals surface area contributed by atoms with E-state index in [0.29, 0.717) is 24.3 Å². The van der Waals surface area contributed by atoms with Crippen LogP contribution in [0, 0.1) is 0 Å². The SMILES string of the molecule is CN(C)CCn1nc2c3c(c(NCC/C=C/CCO[Si](c4ccccc4)(c4ccccc4)C(C)(C)C)ccc31)C(=O)c1ccncc1-2. The molecule has 1 aliphatic rings. The summed E-state index contributed by atoms with van der Waals surface area (Å²) in [5.41, 5.74) is 4.82. The average Bonchev–Trinajstić information content (AvgIpc) is 3.45. The van der Waals surface area contributed by atoms with E-state index in [1.807, 2.05) is 10.7 Å². The first-order valence-electron chi connectivity index (χ1n) is 16.5. The van der Waals surface area contributed by atoms with Crippen LogP contribution in [0.1, 0.15) is 49.5 Å². The Morgan fingerprint density at radius 2 is 1.57 bits per heavy atom. The van der Waals surface area contributed by atoms with Gasteiger partial charge in [0.1, 0.15) is 5.69 Å². The van der Waals surface area contributed by atoms with Crippen molar-refractivity contribution in [1.82, 2.24) is 19.7 Å². The monoisotopic (exact) mass is 643 g/mol. The summed E-state index contributed by atoms with van der Waals surface area (Å²) in [4.78, 5) is 20.3. The second-order valence-corrected chi connectivity index (χ2v) is 17.8. The molecule has 0 radical (unpaired) electrons. The van der Waals surface area contributed by atoms with Crippen molar-refractivity contribution >= 4 is 41.1 Å². The third-order valence-electron chi connectivity index (χ3n) is 9.04. The number of carbonyl (C=O) groups is 1. The van der Waals surface area contributed by atoms with Gasteiger partial charge in [0, 0.05) is 54.3 Å². The Balaban J connectivity index is 1.14. The van der Waals surface area contributed by atoms with E-state index < -0.39 is 8.32 Å². The Bertz CT molecular complexity index is 1840. The van der Waals surface area contributed by atoms with Crippen LogP contribution in [0.4, 0.5) is 5.69 Å². The molecular formula is C39H45N5O2Si. The third-order valence-corrected chi connectivity index (χ3v) is 14.1. The molecule has 3 aromatic carbocycles. The number of aromatic nitrogens is 3. The molecule has 242 valence electrons. The minimum Gasteiger partial charge on any atom is -0.407 e. The Morgan fingerprint density at radius 3 is 2.23 bits per heavy atom. The van der Waals surface area contributed by atoms with E-state index >= 15 is 0 Å². The van der Waals surface area contributed by atoms with E-state index in [1.54, 1.807) is 18.5 Å². The van der Waals surface area contributed by atoms with Crippen molar-refractivity contribution in [3.05, 3.63) is 115 Å². The van der Waals surface area contributed by atoms with Crippen molar-refractivity contribution in [1.29, 1.82) is 0 Å². The molecule has 0 amide bonds. The minimum atomic E-state index is -2.53. The molecule has 0 atom stereocenters. The number of ketones is 1. The molecular weight excluding hydrogens is 599 g/mol. The van der Waals surface area contributed by atoms with E-state index in [0.717, 1.165) is 53.8 Å². The highest BCUT2D eigenvalue weighted by molar-refractivity contribution is 6.99. The van der Waals surface area contributed by atoms with Gasteiger partial charge in [-0.1, -0.05) is 93.6 Å². The van der Waals surface area contributed by atoms with Crippen LogP contribution in [-0.4, -0.2) is 67.6 Å². The number of hydrogen-bond donors (Lipinski definition) is 1. The van der Waals surface area contributed by atoms with Crippen molar-refractivity contribution in [3.8, 4) is 11.3 Å². The number of pyridine rings is 1. The van der Waals surface area contributed by atoms with Crippen molar-refractivity contribution in [3.63, 3.8) is 0 Å². The Hall–Kier alpha value is -4.37. The maximum atomic E-state index is 13.8. The van der Waals surface area contributed by atoms with Gasteiger partial charge in [-0.25, -0.2) is 0 Å². The lowest BCUT2D eigenvalue weighted by molar-refractivity contribution is 0.104. The van der Waals surface area contributed by atoms with Gasteiger partial charge in [-0.05, 0) is 60.5 Å². The van der Waals surface area contributed by atoms with E-state index in [9.17, 15) is 4.79 Å². The summed E-state index contributed by atoms with van der Waals surface area (Å²) < 4.78 is 9.04. The third kappa shape index (κ3) is 6.33. The smallest absolute Gasteiger partial charge is 0.261 e. The van der Waals surface area contributed by atoms with E-state index in [4.69, 9.17) is 9.52 Å². The quantitative estimate of drug-likeness (QED) is 0.0877. The number of carbonyl (C=O) groups excluding carboxylic acids is 1. The average molecular weight is 644 g/mol. The van der Waals surface area contributed by atoms with Crippen LogP contribution >= 0.6 is 0 Å². The standard InChI is InChI=1S/C39H45N5O2Si/c1-39(2,3)47(29-16-10-8-11-17-29,30-18-12-9-13-19-30)46-27-15-7-6-14-23-41-33-20-21-34-36-35(33)38(45)31-22-24-40-28-32(31)37(36)42-44(34)26-25-43(4)5/h6-13,16-22,24,28,41H,14-15,23,25-27H2,1-5H3/b7-6+. The zero-order valence-electron chi connectivity index (χ0n) is 28.2. The van der Waals surface area contributed by atoms with Gasteiger partial charge >= 0.3 is 0 Å². The molecule has 6 rings (SSSR count). The summed E-state index contributed by atoms with van der Waals surface area (Å²) in [6.07, 6.45) is 9.53. The van der Waals surface area contributed by atoms with Crippen LogP contribution < -0.4 is 15.7 Å². The number of anilines is 1. The molecule has 47 heavy (non-hydrogen) atoms. The number of benzene rings is 3. The zero-order valence-corrected chi connectivity index (χ0v) is 29.2. The largest absolute Gasteiger partial charge is 0.407 e. The highest BCUT2D eigenvalue weighted by Gasteiger charge is 2.49. The van der Waals surface area contributed by atoms with Crippen LogP contribution in [0.3, 0.4) is 0 Å². The van der Waals surface area contributed by atoms with Gasteiger partial charge in [-0.2, -0.15) is 5.10 Å². The lowest BCUT2D eigenvalue weighted by Crippen LogP contribution is -2.66. The first-order valence-corrected chi connectivity index (χ1v) is 18.4. The van der Waals surface area contributed by atoms with Crippen molar-refractivity contribution in [2.75, 3.05) is 39.1 Å². The molecule has 5 aromatic rings. The summed E-state index contributed by atoms with van der Waals surface area (Å²) in [5.74, 6) is 0.0196. The van der Waals surface area contributed by atoms with Crippen molar-refractivity contribution in [2.45, 2.75) is 45.2 Å². The van der Waals surface area contributed by atoms with Gasteiger partial charge in [0.25, 0.3) is 8.32 Å². The van der Waals surface area contributed by atoms with Crippen molar-refractivity contribution in [2.24, 2.45) is 0 Å². The van der Waals surface area contributed by atoms with Gasteiger partial charge in [0.05, 0.1) is 17.6 Å². The summed E-state index contributed by atoms with van der Waals surface area (Å²) in [6, 6.07) is 27.5. The molecule has 1 aliphatic carbocycles. The molecule has 1 N–H and O–H groups in total. The highest BCUT2D eigenvalue weighted by atomic mass is 28.4.